The van der Waals surface area contributed by atoms with Crippen LogP contribution in [0.25, 0.3) is 0 Å². The maximum absolute atomic E-state index is 5.48. The van der Waals surface area contributed by atoms with Crippen LogP contribution in [0.2, 0.25) is 0 Å². The first-order chi connectivity index (χ1) is 8.72. The van der Waals surface area contributed by atoms with Crippen molar-refractivity contribution in [2.45, 2.75) is 25.8 Å². The molecule has 0 saturated carbocycles. The molecule has 0 aromatic heterocycles. The van der Waals surface area contributed by atoms with E-state index in [2.05, 4.69) is 69.0 Å². The Morgan fingerprint density at radius 3 is 3.00 bits per heavy atom. The summed E-state index contributed by atoms with van der Waals surface area (Å²) in [4.78, 5) is 0. The fraction of sp³-hybridized carbons (Fsp3) is 0.429. The second-order valence-corrected chi connectivity index (χ2v) is 6.42. The Morgan fingerprint density at radius 1 is 1.50 bits per heavy atom. The molecule has 1 N–H and O–H groups in total. The molecule has 2 rings (SSSR count). The van der Waals surface area contributed by atoms with Crippen LogP contribution in [0.5, 0.6) is 0 Å². The number of nitrogens with one attached hydrogen (secondary N) is 1. The summed E-state index contributed by atoms with van der Waals surface area (Å²) >= 11 is 6.01. The van der Waals surface area contributed by atoms with Crippen LogP contribution in [0.15, 0.2) is 34.5 Å². The Kier molecular flexibility index (Phi) is 5.51. The molecule has 1 heterocycles. The molecular formula is C14H17BrINO. The maximum atomic E-state index is 5.48. The summed E-state index contributed by atoms with van der Waals surface area (Å²) in [6, 6.07) is 6.71. The lowest BCUT2D eigenvalue weighted by atomic mass is 9.95. The molecule has 1 atom stereocenters. The molecule has 4 heteroatoms. The second kappa shape index (κ2) is 6.91. The first-order valence-corrected chi connectivity index (χ1v) is 8.08. The molecule has 1 unspecified atom stereocenters. The molecule has 98 valence electrons. The summed E-state index contributed by atoms with van der Waals surface area (Å²) in [5.74, 6) is 0. The van der Waals surface area contributed by atoms with Crippen molar-refractivity contribution in [3.8, 4) is 0 Å². The Morgan fingerprint density at radius 2 is 2.33 bits per heavy atom. The van der Waals surface area contributed by atoms with Crippen molar-refractivity contribution >= 4 is 38.5 Å². The molecule has 18 heavy (non-hydrogen) atoms. The van der Waals surface area contributed by atoms with Gasteiger partial charge in [-0.15, -0.1) is 0 Å². The average Bonchev–Trinajstić information content (AvgIpc) is 2.40. The van der Waals surface area contributed by atoms with E-state index in [4.69, 9.17) is 4.74 Å². The molecule has 0 aliphatic carbocycles. The normalized spacial score (nSPS) is 16.9. The van der Waals surface area contributed by atoms with Crippen molar-refractivity contribution in [3.63, 3.8) is 0 Å². The third-order valence-electron chi connectivity index (χ3n) is 3.01. The SMILES string of the molecule is CCNC(C1=COCCC1)c1cc(I)ccc1Br. The predicted octanol–water partition coefficient (Wildman–Crippen LogP) is 4.40. The van der Waals surface area contributed by atoms with Crippen LogP contribution in [-0.2, 0) is 4.74 Å². The number of rotatable bonds is 4. The quantitative estimate of drug-likeness (QED) is 0.727. The standard InChI is InChI=1S/C14H17BrINO/c1-2-17-14(10-4-3-7-18-9-10)12-8-11(16)5-6-13(12)15/h5-6,8-9,14,17H,2-4,7H2,1H3. The van der Waals surface area contributed by atoms with Gasteiger partial charge >= 0.3 is 0 Å². The van der Waals surface area contributed by atoms with Gasteiger partial charge in [0.15, 0.2) is 0 Å². The van der Waals surface area contributed by atoms with Gasteiger partial charge in [-0.2, -0.15) is 0 Å². The fourth-order valence-corrected chi connectivity index (χ4v) is 3.17. The van der Waals surface area contributed by atoms with E-state index in [1.807, 2.05) is 6.26 Å². The summed E-state index contributed by atoms with van der Waals surface area (Å²) in [6.07, 6.45) is 4.15. The minimum atomic E-state index is 0.249. The van der Waals surface area contributed by atoms with E-state index in [0.717, 1.165) is 30.5 Å². The zero-order valence-corrected chi connectivity index (χ0v) is 14.1. The minimum Gasteiger partial charge on any atom is -0.501 e. The van der Waals surface area contributed by atoms with Gasteiger partial charge in [-0.1, -0.05) is 22.9 Å². The molecule has 0 amide bonds. The van der Waals surface area contributed by atoms with Crippen LogP contribution < -0.4 is 5.32 Å². The van der Waals surface area contributed by atoms with Crippen LogP contribution in [0.3, 0.4) is 0 Å². The van der Waals surface area contributed by atoms with E-state index in [1.54, 1.807) is 0 Å². The molecule has 0 bridgehead atoms. The zero-order chi connectivity index (χ0) is 13.0. The van der Waals surface area contributed by atoms with Crippen molar-refractivity contribution < 1.29 is 4.74 Å². The number of hydrogen-bond donors (Lipinski definition) is 1. The first kappa shape index (κ1) is 14.3. The van der Waals surface area contributed by atoms with Gasteiger partial charge in [0.2, 0.25) is 0 Å². The van der Waals surface area contributed by atoms with Crippen LogP contribution >= 0.6 is 38.5 Å². The summed E-state index contributed by atoms with van der Waals surface area (Å²) in [5.41, 5.74) is 2.63. The number of benzene rings is 1. The van der Waals surface area contributed by atoms with Gasteiger partial charge in [0, 0.05) is 8.04 Å². The van der Waals surface area contributed by atoms with Crippen molar-refractivity contribution in [3.05, 3.63) is 43.6 Å². The smallest absolute Gasteiger partial charge is 0.0876 e. The number of halogens is 2. The highest BCUT2D eigenvalue weighted by atomic mass is 127. The van der Waals surface area contributed by atoms with E-state index in [1.165, 1.54) is 14.7 Å². The highest BCUT2D eigenvalue weighted by molar-refractivity contribution is 14.1. The Hall–Kier alpha value is -0.0700. The predicted molar refractivity (Wildman–Crippen MR) is 86.5 cm³/mol. The molecule has 0 radical (unpaired) electrons. The second-order valence-electron chi connectivity index (χ2n) is 4.32. The van der Waals surface area contributed by atoms with Crippen LogP contribution in [0, 0.1) is 3.57 Å². The lowest BCUT2D eigenvalue weighted by Gasteiger charge is -2.25. The van der Waals surface area contributed by atoms with Crippen molar-refractivity contribution in [1.29, 1.82) is 0 Å². The van der Waals surface area contributed by atoms with Crippen molar-refractivity contribution in [1.82, 2.24) is 5.32 Å². The molecule has 2 nitrogen and oxygen atoms in total. The Balaban J connectivity index is 2.34. The number of hydrogen-bond acceptors (Lipinski definition) is 2. The molecule has 0 fully saturated rings. The van der Waals surface area contributed by atoms with Gasteiger partial charge in [-0.05, 0) is 71.3 Å². The van der Waals surface area contributed by atoms with Gasteiger partial charge in [0.25, 0.3) is 0 Å². The zero-order valence-electron chi connectivity index (χ0n) is 10.4. The summed E-state index contributed by atoms with van der Waals surface area (Å²) in [6.45, 7) is 3.93. The first-order valence-electron chi connectivity index (χ1n) is 6.21. The van der Waals surface area contributed by atoms with Crippen LogP contribution in [0.4, 0.5) is 0 Å². The fourth-order valence-electron chi connectivity index (χ4n) is 2.18. The highest BCUT2D eigenvalue weighted by Gasteiger charge is 2.20. The van der Waals surface area contributed by atoms with Gasteiger partial charge < -0.3 is 10.1 Å². The average molecular weight is 422 g/mol. The highest BCUT2D eigenvalue weighted by Crippen LogP contribution is 2.33. The summed E-state index contributed by atoms with van der Waals surface area (Å²) < 4.78 is 7.89. The van der Waals surface area contributed by atoms with E-state index in [9.17, 15) is 0 Å². The van der Waals surface area contributed by atoms with Crippen LogP contribution in [-0.4, -0.2) is 13.2 Å². The monoisotopic (exact) mass is 421 g/mol. The topological polar surface area (TPSA) is 21.3 Å². The lowest BCUT2D eigenvalue weighted by Crippen LogP contribution is -2.24. The molecular weight excluding hydrogens is 405 g/mol. The molecule has 1 aromatic carbocycles. The third kappa shape index (κ3) is 3.48. The number of ether oxygens (including phenoxy) is 1. The minimum absolute atomic E-state index is 0.249. The van der Waals surface area contributed by atoms with Gasteiger partial charge in [-0.25, -0.2) is 0 Å². The molecule has 0 saturated heterocycles. The molecule has 0 spiro atoms. The summed E-state index contributed by atoms with van der Waals surface area (Å²) in [7, 11) is 0. The Labute approximate surface area is 130 Å². The molecule has 1 aromatic rings. The largest absolute Gasteiger partial charge is 0.501 e. The number of likely N-dealkylation sites (N-methyl/N-ethyl adjacent to an activating group) is 1. The van der Waals surface area contributed by atoms with Gasteiger partial charge in [0.05, 0.1) is 18.9 Å². The van der Waals surface area contributed by atoms with Gasteiger partial charge in [-0.3, -0.25) is 0 Å². The van der Waals surface area contributed by atoms with E-state index in [-0.39, 0.29) is 6.04 Å². The van der Waals surface area contributed by atoms with Crippen LogP contribution in [0.1, 0.15) is 31.4 Å². The maximum Gasteiger partial charge on any atom is 0.0876 e. The lowest BCUT2D eigenvalue weighted by molar-refractivity contribution is 0.219. The van der Waals surface area contributed by atoms with E-state index < -0.39 is 0 Å². The van der Waals surface area contributed by atoms with Gasteiger partial charge in [0.1, 0.15) is 0 Å². The van der Waals surface area contributed by atoms with E-state index in [0.29, 0.717) is 0 Å². The van der Waals surface area contributed by atoms with E-state index >= 15 is 0 Å². The molecule has 1 aliphatic rings. The van der Waals surface area contributed by atoms with Crippen molar-refractivity contribution in [2.75, 3.05) is 13.2 Å². The molecule has 1 aliphatic heterocycles. The summed E-state index contributed by atoms with van der Waals surface area (Å²) in [5, 5.41) is 3.56. The third-order valence-corrected chi connectivity index (χ3v) is 4.40. The Bertz CT molecular complexity index is 447. The van der Waals surface area contributed by atoms with Crippen molar-refractivity contribution in [2.24, 2.45) is 0 Å².